The molecule has 0 aliphatic carbocycles. The predicted molar refractivity (Wildman–Crippen MR) is 126 cm³/mol. The molecule has 0 saturated carbocycles. The molecule has 0 fully saturated rings. The summed E-state index contributed by atoms with van der Waals surface area (Å²) in [6, 6.07) is 11.1. The van der Waals surface area contributed by atoms with Gasteiger partial charge in [0.2, 0.25) is 0 Å². The van der Waals surface area contributed by atoms with Gasteiger partial charge in [-0.15, -0.1) is 0 Å². The van der Waals surface area contributed by atoms with Crippen LogP contribution < -0.4 is 4.90 Å². The Bertz CT molecular complexity index is 904. The third-order valence-corrected chi connectivity index (χ3v) is 11.9. The van der Waals surface area contributed by atoms with Crippen molar-refractivity contribution in [1.82, 2.24) is 0 Å². The fourth-order valence-corrected chi connectivity index (χ4v) is 10.2. The van der Waals surface area contributed by atoms with E-state index in [4.69, 9.17) is 13.3 Å². The van der Waals surface area contributed by atoms with Crippen molar-refractivity contribution in [3.05, 3.63) is 36.4 Å². The van der Waals surface area contributed by atoms with Crippen LogP contribution in [0.4, 0.5) is 5.69 Å². The molecular formula is C21H33NO5SSi2. The van der Waals surface area contributed by atoms with E-state index in [9.17, 15) is 8.42 Å². The van der Waals surface area contributed by atoms with Crippen molar-refractivity contribution in [3.63, 3.8) is 0 Å². The highest BCUT2D eigenvalue weighted by Gasteiger charge is 2.55. The van der Waals surface area contributed by atoms with Gasteiger partial charge >= 0.3 is 8.80 Å². The van der Waals surface area contributed by atoms with E-state index in [1.165, 1.54) is 0 Å². The number of sulfone groups is 1. The van der Waals surface area contributed by atoms with Crippen LogP contribution in [-0.4, -0.2) is 67.0 Å². The molecule has 2 aromatic carbocycles. The first kappa shape index (κ1) is 26.8. The van der Waals surface area contributed by atoms with Crippen molar-refractivity contribution in [3.8, 4) is 0 Å². The number of anilines is 1. The summed E-state index contributed by atoms with van der Waals surface area (Å²) in [7, 11) is -3.35. The summed E-state index contributed by atoms with van der Waals surface area (Å²) < 4.78 is 45.7. The molecule has 9 heteroatoms. The molecule has 0 saturated heterocycles. The van der Waals surface area contributed by atoms with Crippen LogP contribution in [-0.2, 0) is 23.1 Å². The Kier molecular flexibility index (Phi) is 10.2. The lowest BCUT2D eigenvalue weighted by Crippen LogP contribution is -2.59. The molecule has 0 aromatic heterocycles. The van der Waals surface area contributed by atoms with Crippen LogP contribution in [0.5, 0.6) is 0 Å². The van der Waals surface area contributed by atoms with E-state index in [-0.39, 0.29) is 11.0 Å². The zero-order chi connectivity index (χ0) is 21.7. The Morgan fingerprint density at radius 3 is 1.83 bits per heavy atom. The lowest BCUT2D eigenvalue weighted by Gasteiger charge is -2.34. The lowest BCUT2D eigenvalue weighted by atomic mass is 10.1. The summed E-state index contributed by atoms with van der Waals surface area (Å²) in [4.78, 5) is 1.40. The van der Waals surface area contributed by atoms with Crippen molar-refractivity contribution in [2.45, 2.75) is 43.9 Å². The van der Waals surface area contributed by atoms with E-state index in [1.54, 1.807) is 12.1 Å². The monoisotopic (exact) mass is 467 g/mol. The van der Waals surface area contributed by atoms with Gasteiger partial charge in [0.25, 0.3) is 0 Å². The van der Waals surface area contributed by atoms with Crippen LogP contribution in [0, 0.1) is 0 Å². The van der Waals surface area contributed by atoms with Crippen molar-refractivity contribution in [2.75, 3.05) is 38.8 Å². The second-order valence-electron chi connectivity index (χ2n) is 6.87. The standard InChI is InChI=1S/C21H33NO5SSi.Si/c1-7-21(29(25-8-2,26-9-3)27-10-4)28(23,24)20-16-12-13-17-18(20)14-11-15-19(17)22(5)6;/h11-16,21H,7-10H2,1-6H3;. The number of hydrogen-bond donors (Lipinski definition) is 0. The molecule has 1 unspecified atom stereocenters. The van der Waals surface area contributed by atoms with Gasteiger partial charge in [-0.1, -0.05) is 31.2 Å². The quantitative estimate of drug-likeness (QED) is 0.470. The Balaban J connectivity index is 0.00000450. The number of hydrogen-bond acceptors (Lipinski definition) is 6. The molecular weight excluding hydrogens is 434 g/mol. The topological polar surface area (TPSA) is 65.1 Å². The van der Waals surface area contributed by atoms with E-state index in [2.05, 4.69) is 0 Å². The Morgan fingerprint density at radius 2 is 1.37 bits per heavy atom. The maximum atomic E-state index is 13.9. The highest BCUT2D eigenvalue weighted by Crippen LogP contribution is 2.35. The maximum absolute atomic E-state index is 13.9. The molecule has 166 valence electrons. The van der Waals surface area contributed by atoms with Gasteiger partial charge in [-0.05, 0) is 39.3 Å². The van der Waals surface area contributed by atoms with E-state index < -0.39 is 23.5 Å². The summed E-state index contributed by atoms with van der Waals surface area (Å²) in [5, 5.41) is 1.59. The van der Waals surface area contributed by atoms with Crippen LogP contribution >= 0.6 is 0 Å². The first-order valence-corrected chi connectivity index (χ1v) is 13.5. The van der Waals surface area contributed by atoms with Gasteiger partial charge < -0.3 is 18.2 Å². The maximum Gasteiger partial charge on any atom is 0.520 e. The highest BCUT2D eigenvalue weighted by atomic mass is 32.2. The first-order valence-electron chi connectivity index (χ1n) is 10.1. The van der Waals surface area contributed by atoms with Gasteiger partial charge in [0.15, 0.2) is 9.84 Å². The Labute approximate surface area is 186 Å². The molecule has 0 aliphatic rings. The molecule has 1 atom stereocenters. The molecule has 0 spiro atoms. The van der Waals surface area contributed by atoms with Gasteiger partial charge in [0.1, 0.15) is 4.87 Å². The molecule has 2 rings (SSSR count). The number of fused-ring (bicyclic) bond motifs is 1. The van der Waals surface area contributed by atoms with Crippen molar-refractivity contribution in [1.29, 1.82) is 0 Å². The molecule has 0 heterocycles. The fourth-order valence-electron chi connectivity index (χ4n) is 3.72. The summed E-state index contributed by atoms with van der Waals surface area (Å²) >= 11 is 0. The summed E-state index contributed by atoms with van der Waals surface area (Å²) in [5.74, 6) is 0. The van der Waals surface area contributed by atoms with Crippen LogP contribution in [0.3, 0.4) is 0 Å². The van der Waals surface area contributed by atoms with E-state index in [0.717, 1.165) is 11.1 Å². The van der Waals surface area contributed by atoms with Crippen LogP contribution in [0.25, 0.3) is 10.8 Å². The van der Waals surface area contributed by atoms with Crippen molar-refractivity contribution < 1.29 is 21.7 Å². The minimum atomic E-state index is -3.78. The third-order valence-electron chi connectivity index (χ3n) is 4.82. The van der Waals surface area contributed by atoms with Crippen molar-refractivity contribution >= 4 is 46.1 Å². The predicted octanol–water partition coefficient (Wildman–Crippen LogP) is 3.66. The fraction of sp³-hybridized carbons (Fsp3) is 0.524. The molecule has 6 nitrogen and oxygen atoms in total. The second-order valence-corrected chi connectivity index (χ2v) is 12.2. The molecule has 0 bridgehead atoms. The zero-order valence-electron chi connectivity index (χ0n) is 18.8. The normalized spacial score (nSPS) is 13.1. The van der Waals surface area contributed by atoms with Crippen LogP contribution in [0.15, 0.2) is 41.3 Å². The Morgan fingerprint density at radius 1 is 0.867 bits per heavy atom. The second kappa shape index (κ2) is 11.4. The van der Waals surface area contributed by atoms with E-state index >= 15 is 0 Å². The number of rotatable bonds is 11. The van der Waals surface area contributed by atoms with Gasteiger partial charge in [0, 0.05) is 61.3 Å². The van der Waals surface area contributed by atoms with Gasteiger partial charge in [-0.2, -0.15) is 0 Å². The molecule has 0 N–H and O–H groups in total. The summed E-state index contributed by atoms with van der Waals surface area (Å²) in [6.07, 6.45) is 0.346. The highest BCUT2D eigenvalue weighted by molar-refractivity contribution is 7.94. The van der Waals surface area contributed by atoms with Gasteiger partial charge in [-0.3, -0.25) is 0 Å². The van der Waals surface area contributed by atoms with Crippen molar-refractivity contribution in [2.24, 2.45) is 0 Å². The lowest BCUT2D eigenvalue weighted by molar-refractivity contribution is 0.0684. The van der Waals surface area contributed by atoms with Crippen LogP contribution in [0.1, 0.15) is 34.1 Å². The minimum absolute atomic E-state index is 0. The number of benzene rings is 2. The van der Waals surface area contributed by atoms with E-state index in [1.807, 2.05) is 71.0 Å². The minimum Gasteiger partial charge on any atom is -0.377 e. The largest absolute Gasteiger partial charge is 0.520 e. The number of nitrogens with zero attached hydrogens (tertiary/aromatic N) is 1. The first-order chi connectivity index (χ1) is 13.8. The zero-order valence-corrected chi connectivity index (χ0v) is 21.6. The molecule has 0 aliphatic heterocycles. The summed E-state index contributed by atoms with van der Waals surface area (Å²) in [6.45, 7) is 8.34. The van der Waals surface area contributed by atoms with Crippen LogP contribution in [0.2, 0.25) is 0 Å². The average molecular weight is 468 g/mol. The van der Waals surface area contributed by atoms with Gasteiger partial charge in [-0.25, -0.2) is 8.42 Å². The van der Waals surface area contributed by atoms with Gasteiger partial charge in [0.05, 0.1) is 4.90 Å². The molecule has 2 aromatic rings. The Hall–Kier alpha value is -1.24. The van der Waals surface area contributed by atoms with E-state index in [0.29, 0.717) is 36.5 Å². The summed E-state index contributed by atoms with van der Waals surface area (Å²) in [5.41, 5.74) is 0.968. The molecule has 0 amide bonds. The average Bonchev–Trinajstić information content (AvgIpc) is 2.67. The smallest absolute Gasteiger partial charge is 0.377 e. The molecule has 4 radical (unpaired) electrons. The molecule has 30 heavy (non-hydrogen) atoms. The third kappa shape index (κ3) is 5.14. The SMILES string of the molecule is CCO[Si](OCC)(OCC)C(CC)S(=O)(=O)c1cccc2c(N(C)C)cccc12.[Si].